The highest BCUT2D eigenvalue weighted by Crippen LogP contribution is 2.22. The van der Waals surface area contributed by atoms with Crippen molar-refractivity contribution in [3.8, 4) is 0 Å². The lowest BCUT2D eigenvalue weighted by atomic mass is 10.1. The molecule has 1 aliphatic rings. The van der Waals surface area contributed by atoms with Crippen LogP contribution in [0.25, 0.3) is 0 Å². The molecule has 0 bridgehead atoms. The second-order valence-electron chi connectivity index (χ2n) is 4.25. The average Bonchev–Trinajstić information content (AvgIpc) is 2.27. The van der Waals surface area contributed by atoms with Gasteiger partial charge in [-0.05, 0) is 30.7 Å². The molecule has 1 unspecified atom stereocenters. The SMILES string of the molecule is CC1COCCN1Cc1cc(N)ccc1Br. The number of nitrogens with two attached hydrogens (primary N) is 1. The summed E-state index contributed by atoms with van der Waals surface area (Å²) in [4.78, 5) is 2.42. The van der Waals surface area contributed by atoms with Gasteiger partial charge in [-0.2, -0.15) is 0 Å². The van der Waals surface area contributed by atoms with E-state index in [1.165, 1.54) is 5.56 Å². The zero-order valence-electron chi connectivity index (χ0n) is 9.45. The minimum Gasteiger partial charge on any atom is -0.399 e. The molecule has 4 heteroatoms. The molecule has 1 aromatic rings. The van der Waals surface area contributed by atoms with Crippen molar-refractivity contribution in [3.63, 3.8) is 0 Å². The number of hydrogen-bond donors (Lipinski definition) is 1. The van der Waals surface area contributed by atoms with E-state index in [0.29, 0.717) is 6.04 Å². The predicted octanol–water partition coefficient (Wildman–Crippen LogP) is 2.25. The summed E-state index contributed by atoms with van der Waals surface area (Å²) in [5.41, 5.74) is 7.87. The Hall–Kier alpha value is -0.580. The highest BCUT2D eigenvalue weighted by Gasteiger charge is 2.19. The Labute approximate surface area is 105 Å². The molecule has 0 aliphatic carbocycles. The Morgan fingerprint density at radius 2 is 2.38 bits per heavy atom. The van der Waals surface area contributed by atoms with Crippen LogP contribution in [0.3, 0.4) is 0 Å². The van der Waals surface area contributed by atoms with Gasteiger partial charge in [0.1, 0.15) is 0 Å². The summed E-state index contributed by atoms with van der Waals surface area (Å²) in [7, 11) is 0. The molecule has 1 heterocycles. The summed E-state index contributed by atoms with van der Waals surface area (Å²) >= 11 is 3.56. The highest BCUT2D eigenvalue weighted by molar-refractivity contribution is 9.10. The zero-order chi connectivity index (χ0) is 11.5. The van der Waals surface area contributed by atoms with Crippen LogP contribution in [0.15, 0.2) is 22.7 Å². The van der Waals surface area contributed by atoms with Crippen LogP contribution < -0.4 is 5.73 Å². The van der Waals surface area contributed by atoms with Crippen LogP contribution in [-0.2, 0) is 11.3 Å². The molecule has 0 amide bonds. The van der Waals surface area contributed by atoms with Crippen molar-refractivity contribution >= 4 is 21.6 Å². The Balaban J connectivity index is 2.10. The number of morpholine rings is 1. The number of ether oxygens (including phenoxy) is 1. The molecule has 88 valence electrons. The molecule has 1 aliphatic heterocycles. The van der Waals surface area contributed by atoms with E-state index in [1.54, 1.807) is 0 Å². The largest absolute Gasteiger partial charge is 0.399 e. The van der Waals surface area contributed by atoms with Gasteiger partial charge in [0.2, 0.25) is 0 Å². The lowest BCUT2D eigenvalue weighted by Crippen LogP contribution is -2.42. The van der Waals surface area contributed by atoms with Gasteiger partial charge in [-0.15, -0.1) is 0 Å². The molecule has 1 aromatic carbocycles. The van der Waals surface area contributed by atoms with E-state index in [0.717, 1.165) is 36.5 Å². The second-order valence-corrected chi connectivity index (χ2v) is 5.10. The summed E-state index contributed by atoms with van der Waals surface area (Å²) < 4.78 is 6.55. The summed E-state index contributed by atoms with van der Waals surface area (Å²) in [6.45, 7) is 5.75. The minimum atomic E-state index is 0.474. The standard InChI is InChI=1S/C12H17BrN2O/c1-9-8-16-5-4-15(9)7-10-6-11(14)2-3-12(10)13/h2-3,6,9H,4-5,7-8,14H2,1H3. The van der Waals surface area contributed by atoms with Gasteiger partial charge in [0, 0.05) is 29.3 Å². The van der Waals surface area contributed by atoms with Crippen molar-refractivity contribution in [1.29, 1.82) is 0 Å². The smallest absolute Gasteiger partial charge is 0.0619 e. The van der Waals surface area contributed by atoms with Gasteiger partial charge in [0.05, 0.1) is 13.2 Å². The molecule has 1 fully saturated rings. The number of benzene rings is 1. The number of rotatable bonds is 2. The van der Waals surface area contributed by atoms with Crippen LogP contribution in [0.2, 0.25) is 0 Å². The predicted molar refractivity (Wildman–Crippen MR) is 69.2 cm³/mol. The van der Waals surface area contributed by atoms with E-state index < -0.39 is 0 Å². The summed E-state index contributed by atoms with van der Waals surface area (Å²) in [6.07, 6.45) is 0. The third kappa shape index (κ3) is 2.75. The Kier molecular flexibility index (Phi) is 3.84. The van der Waals surface area contributed by atoms with Gasteiger partial charge in [0.15, 0.2) is 0 Å². The van der Waals surface area contributed by atoms with Crippen LogP contribution in [0, 0.1) is 0 Å². The molecule has 0 aromatic heterocycles. The maximum absolute atomic E-state index is 5.80. The van der Waals surface area contributed by atoms with Gasteiger partial charge < -0.3 is 10.5 Å². The lowest BCUT2D eigenvalue weighted by Gasteiger charge is -2.33. The maximum atomic E-state index is 5.80. The number of nitrogen functional groups attached to an aromatic ring is 1. The van der Waals surface area contributed by atoms with E-state index in [-0.39, 0.29) is 0 Å². The molecule has 16 heavy (non-hydrogen) atoms. The maximum Gasteiger partial charge on any atom is 0.0619 e. The van der Waals surface area contributed by atoms with E-state index in [2.05, 4.69) is 27.8 Å². The van der Waals surface area contributed by atoms with Crippen molar-refractivity contribution in [2.24, 2.45) is 0 Å². The fourth-order valence-electron chi connectivity index (χ4n) is 1.93. The van der Waals surface area contributed by atoms with Gasteiger partial charge in [-0.1, -0.05) is 15.9 Å². The summed E-state index contributed by atoms with van der Waals surface area (Å²) in [5, 5.41) is 0. The van der Waals surface area contributed by atoms with Gasteiger partial charge in [0.25, 0.3) is 0 Å². The summed E-state index contributed by atoms with van der Waals surface area (Å²) in [5.74, 6) is 0. The van der Waals surface area contributed by atoms with E-state index in [9.17, 15) is 0 Å². The molecule has 2 N–H and O–H groups in total. The minimum absolute atomic E-state index is 0.474. The first-order chi connectivity index (χ1) is 7.66. The number of nitrogens with zero attached hydrogens (tertiary/aromatic N) is 1. The molecular weight excluding hydrogens is 268 g/mol. The second kappa shape index (κ2) is 5.17. The summed E-state index contributed by atoms with van der Waals surface area (Å²) in [6, 6.07) is 6.43. The third-order valence-electron chi connectivity index (χ3n) is 2.95. The normalized spacial score (nSPS) is 22.2. The molecular formula is C12H17BrN2O. The van der Waals surface area contributed by atoms with E-state index in [4.69, 9.17) is 10.5 Å². The van der Waals surface area contributed by atoms with Crippen molar-refractivity contribution < 1.29 is 4.74 Å². The van der Waals surface area contributed by atoms with Crippen LogP contribution in [0.1, 0.15) is 12.5 Å². The Morgan fingerprint density at radius 3 is 3.12 bits per heavy atom. The molecule has 0 radical (unpaired) electrons. The Morgan fingerprint density at radius 1 is 1.56 bits per heavy atom. The first-order valence-electron chi connectivity index (χ1n) is 5.52. The number of halogens is 1. The van der Waals surface area contributed by atoms with Gasteiger partial charge >= 0.3 is 0 Å². The molecule has 0 spiro atoms. The molecule has 0 saturated carbocycles. The fraction of sp³-hybridized carbons (Fsp3) is 0.500. The van der Waals surface area contributed by atoms with E-state index >= 15 is 0 Å². The van der Waals surface area contributed by atoms with Gasteiger partial charge in [-0.25, -0.2) is 0 Å². The van der Waals surface area contributed by atoms with Crippen molar-refractivity contribution in [3.05, 3.63) is 28.2 Å². The number of anilines is 1. The average molecular weight is 285 g/mol. The first kappa shape index (κ1) is 11.9. The molecule has 2 rings (SSSR count). The zero-order valence-corrected chi connectivity index (χ0v) is 11.0. The van der Waals surface area contributed by atoms with Crippen LogP contribution in [0.5, 0.6) is 0 Å². The monoisotopic (exact) mass is 284 g/mol. The lowest BCUT2D eigenvalue weighted by molar-refractivity contribution is -0.00444. The first-order valence-corrected chi connectivity index (χ1v) is 6.32. The quantitative estimate of drug-likeness (QED) is 0.847. The highest BCUT2D eigenvalue weighted by atomic mass is 79.9. The Bertz CT molecular complexity index is 370. The van der Waals surface area contributed by atoms with Gasteiger partial charge in [-0.3, -0.25) is 4.90 Å². The third-order valence-corrected chi connectivity index (χ3v) is 3.72. The van der Waals surface area contributed by atoms with Crippen molar-refractivity contribution in [1.82, 2.24) is 4.90 Å². The molecule has 1 saturated heterocycles. The van der Waals surface area contributed by atoms with Crippen LogP contribution in [-0.4, -0.2) is 30.7 Å². The van der Waals surface area contributed by atoms with Crippen LogP contribution >= 0.6 is 15.9 Å². The molecule has 1 atom stereocenters. The number of hydrogen-bond acceptors (Lipinski definition) is 3. The van der Waals surface area contributed by atoms with Crippen molar-refractivity contribution in [2.75, 3.05) is 25.5 Å². The van der Waals surface area contributed by atoms with Crippen LogP contribution in [0.4, 0.5) is 5.69 Å². The topological polar surface area (TPSA) is 38.5 Å². The van der Waals surface area contributed by atoms with E-state index in [1.807, 2.05) is 18.2 Å². The molecule has 3 nitrogen and oxygen atoms in total. The fourth-order valence-corrected chi connectivity index (χ4v) is 2.30. The van der Waals surface area contributed by atoms with Crippen molar-refractivity contribution in [2.45, 2.75) is 19.5 Å².